The van der Waals surface area contributed by atoms with Gasteiger partial charge in [-0.2, -0.15) is 0 Å². The van der Waals surface area contributed by atoms with E-state index in [0.29, 0.717) is 24.6 Å². The van der Waals surface area contributed by atoms with E-state index in [4.69, 9.17) is 4.98 Å². The van der Waals surface area contributed by atoms with Crippen molar-refractivity contribution in [2.24, 2.45) is 0 Å². The first-order valence-electron chi connectivity index (χ1n) is 14.1. The summed E-state index contributed by atoms with van der Waals surface area (Å²) >= 11 is 0. The average Bonchev–Trinajstić information content (AvgIpc) is 3.35. The van der Waals surface area contributed by atoms with Crippen LogP contribution in [0, 0.1) is 0 Å². The van der Waals surface area contributed by atoms with Crippen LogP contribution in [-0.2, 0) is 24.4 Å². The van der Waals surface area contributed by atoms with Gasteiger partial charge in [-0.25, -0.2) is 9.97 Å². The molecule has 1 unspecified atom stereocenters. The van der Waals surface area contributed by atoms with Crippen LogP contribution >= 0.6 is 0 Å². The van der Waals surface area contributed by atoms with Gasteiger partial charge in [0.25, 0.3) is 0 Å². The summed E-state index contributed by atoms with van der Waals surface area (Å²) in [5.41, 5.74) is 6.52. The molecule has 2 fully saturated rings. The first kappa shape index (κ1) is 26.3. The Morgan fingerprint density at radius 3 is 2.63 bits per heavy atom. The first-order chi connectivity index (χ1) is 18.7. The summed E-state index contributed by atoms with van der Waals surface area (Å²) in [5.74, 6) is 0.580. The molecule has 1 aliphatic carbocycles. The number of nitrogens with zero attached hydrogens (tertiary/aromatic N) is 3. The van der Waals surface area contributed by atoms with E-state index in [1.807, 2.05) is 24.3 Å². The molecule has 1 aromatic heterocycles. The summed E-state index contributed by atoms with van der Waals surface area (Å²) in [7, 11) is 0. The summed E-state index contributed by atoms with van der Waals surface area (Å²) < 4.78 is 0. The van der Waals surface area contributed by atoms with Gasteiger partial charge in [-0.1, -0.05) is 43.5 Å². The van der Waals surface area contributed by atoms with Gasteiger partial charge in [0.05, 0.1) is 5.69 Å². The molecule has 1 atom stereocenters. The third-order valence-corrected chi connectivity index (χ3v) is 7.85. The molecule has 200 valence electrons. The van der Waals surface area contributed by atoms with E-state index >= 15 is 0 Å². The SMILES string of the molecule is CC1CCCN1Cc1cc(CNC2CCCCC2)cc(Nc2nccc(-c3cccc(CNC=O)c3)n2)c1. The van der Waals surface area contributed by atoms with E-state index in [1.165, 1.54) is 62.6 Å². The van der Waals surface area contributed by atoms with E-state index in [9.17, 15) is 4.79 Å². The highest BCUT2D eigenvalue weighted by Gasteiger charge is 2.20. The monoisotopic (exact) mass is 512 g/mol. The van der Waals surface area contributed by atoms with Crippen molar-refractivity contribution in [2.75, 3.05) is 11.9 Å². The second-order valence-corrected chi connectivity index (χ2v) is 10.8. The predicted octanol–water partition coefficient (Wildman–Crippen LogP) is 5.54. The molecule has 2 heterocycles. The molecule has 2 aliphatic rings. The van der Waals surface area contributed by atoms with Crippen molar-refractivity contribution in [3.05, 3.63) is 71.4 Å². The number of amides is 1. The fraction of sp³-hybridized carbons (Fsp3) is 0.452. The standard InChI is InChI=1S/C31H40N6O/c1-23-7-6-14-37(23)21-26-15-25(20-34-28-10-3-2-4-11-28)17-29(18-26)35-31-33-13-12-30(36-31)27-9-5-8-24(16-27)19-32-22-38/h5,8-9,12-13,15-18,22-23,28,34H,2-4,6-7,10-11,14,19-21H2,1H3,(H,32,38)(H,33,35,36). The molecule has 1 saturated carbocycles. The number of likely N-dealkylation sites (tertiary alicyclic amines) is 1. The molecular weight excluding hydrogens is 472 g/mol. The Morgan fingerprint density at radius 2 is 1.82 bits per heavy atom. The van der Waals surface area contributed by atoms with Gasteiger partial charge >= 0.3 is 0 Å². The number of nitrogens with one attached hydrogen (secondary N) is 3. The molecule has 5 rings (SSSR count). The third-order valence-electron chi connectivity index (χ3n) is 7.85. The van der Waals surface area contributed by atoms with Crippen LogP contribution in [0.1, 0.15) is 68.6 Å². The Kier molecular flexibility index (Phi) is 8.99. The molecule has 0 spiro atoms. The molecule has 38 heavy (non-hydrogen) atoms. The molecule has 3 aromatic rings. The Balaban J connectivity index is 1.35. The second-order valence-electron chi connectivity index (χ2n) is 10.8. The molecule has 7 heteroatoms. The number of hydrogen-bond acceptors (Lipinski definition) is 6. The summed E-state index contributed by atoms with van der Waals surface area (Å²) in [6, 6.07) is 18.1. The lowest BCUT2D eigenvalue weighted by Crippen LogP contribution is -2.30. The van der Waals surface area contributed by atoms with Crippen molar-refractivity contribution < 1.29 is 4.79 Å². The quantitative estimate of drug-likeness (QED) is 0.293. The van der Waals surface area contributed by atoms with E-state index < -0.39 is 0 Å². The van der Waals surface area contributed by atoms with Crippen LogP contribution in [0.5, 0.6) is 0 Å². The topological polar surface area (TPSA) is 82.2 Å². The molecule has 0 bridgehead atoms. The van der Waals surface area contributed by atoms with Crippen molar-refractivity contribution in [2.45, 2.75) is 83.6 Å². The summed E-state index contributed by atoms with van der Waals surface area (Å²) in [5, 5.41) is 10.0. The Labute approximate surface area is 226 Å². The number of carbonyl (C=O) groups is 1. The molecular formula is C31H40N6O. The summed E-state index contributed by atoms with van der Waals surface area (Å²) in [6.45, 7) is 5.85. The normalized spacial score (nSPS) is 18.4. The highest BCUT2D eigenvalue weighted by molar-refractivity contribution is 5.63. The molecule has 2 aromatic carbocycles. The van der Waals surface area contributed by atoms with Gasteiger partial charge in [-0.3, -0.25) is 9.69 Å². The molecule has 1 amide bonds. The van der Waals surface area contributed by atoms with Crippen molar-refractivity contribution in [3.63, 3.8) is 0 Å². The molecule has 1 saturated heterocycles. The number of benzene rings is 2. The third kappa shape index (κ3) is 7.17. The van der Waals surface area contributed by atoms with E-state index in [2.05, 4.69) is 57.0 Å². The lowest BCUT2D eigenvalue weighted by molar-refractivity contribution is -0.109. The zero-order valence-corrected chi connectivity index (χ0v) is 22.5. The van der Waals surface area contributed by atoms with Crippen LogP contribution in [0.15, 0.2) is 54.7 Å². The first-order valence-corrected chi connectivity index (χ1v) is 14.1. The van der Waals surface area contributed by atoms with Gasteiger partial charge in [-0.15, -0.1) is 0 Å². The lowest BCUT2D eigenvalue weighted by Gasteiger charge is -2.24. The number of anilines is 2. The maximum atomic E-state index is 10.7. The smallest absolute Gasteiger partial charge is 0.227 e. The van der Waals surface area contributed by atoms with Gasteiger partial charge in [0.1, 0.15) is 0 Å². The van der Waals surface area contributed by atoms with E-state index in [1.54, 1.807) is 6.20 Å². The van der Waals surface area contributed by atoms with Crippen molar-refractivity contribution in [3.8, 4) is 11.3 Å². The van der Waals surface area contributed by atoms with Crippen molar-refractivity contribution in [1.29, 1.82) is 0 Å². The Hall–Kier alpha value is -3.29. The van der Waals surface area contributed by atoms with Crippen LogP contribution in [0.25, 0.3) is 11.3 Å². The molecule has 7 nitrogen and oxygen atoms in total. The van der Waals surface area contributed by atoms with E-state index in [-0.39, 0.29) is 0 Å². The second kappa shape index (κ2) is 13.0. The van der Waals surface area contributed by atoms with Crippen LogP contribution in [-0.4, -0.2) is 39.9 Å². The predicted molar refractivity (Wildman–Crippen MR) is 153 cm³/mol. The van der Waals surface area contributed by atoms with Crippen LogP contribution in [0.3, 0.4) is 0 Å². The fourth-order valence-corrected chi connectivity index (χ4v) is 5.77. The van der Waals surface area contributed by atoms with Gasteiger partial charge in [0.15, 0.2) is 0 Å². The largest absolute Gasteiger partial charge is 0.355 e. The maximum absolute atomic E-state index is 10.7. The number of carbonyl (C=O) groups excluding carboxylic acids is 1. The summed E-state index contributed by atoms with van der Waals surface area (Å²) in [6.07, 6.45) is 11.7. The Morgan fingerprint density at radius 1 is 0.947 bits per heavy atom. The molecule has 1 aliphatic heterocycles. The molecule has 0 radical (unpaired) electrons. The average molecular weight is 513 g/mol. The number of aromatic nitrogens is 2. The Bertz CT molecular complexity index is 1210. The highest BCUT2D eigenvalue weighted by atomic mass is 16.1. The minimum absolute atomic E-state index is 0.494. The van der Waals surface area contributed by atoms with Gasteiger partial charge in [0.2, 0.25) is 12.4 Å². The molecule has 3 N–H and O–H groups in total. The van der Waals surface area contributed by atoms with Crippen molar-refractivity contribution in [1.82, 2.24) is 25.5 Å². The minimum atomic E-state index is 0.494. The van der Waals surface area contributed by atoms with Crippen LogP contribution in [0.4, 0.5) is 11.6 Å². The van der Waals surface area contributed by atoms with Crippen molar-refractivity contribution >= 4 is 18.0 Å². The van der Waals surface area contributed by atoms with E-state index in [0.717, 1.165) is 42.0 Å². The van der Waals surface area contributed by atoms with Crippen LogP contribution in [0.2, 0.25) is 0 Å². The zero-order chi connectivity index (χ0) is 26.2. The highest BCUT2D eigenvalue weighted by Crippen LogP contribution is 2.26. The summed E-state index contributed by atoms with van der Waals surface area (Å²) in [4.78, 5) is 22.6. The van der Waals surface area contributed by atoms with Crippen LogP contribution < -0.4 is 16.0 Å². The fourth-order valence-electron chi connectivity index (χ4n) is 5.77. The zero-order valence-electron chi connectivity index (χ0n) is 22.5. The number of rotatable bonds is 11. The maximum Gasteiger partial charge on any atom is 0.227 e. The minimum Gasteiger partial charge on any atom is -0.355 e. The number of hydrogen-bond donors (Lipinski definition) is 3. The van der Waals surface area contributed by atoms with Gasteiger partial charge in [0, 0.05) is 49.2 Å². The lowest BCUT2D eigenvalue weighted by atomic mass is 9.95. The van der Waals surface area contributed by atoms with Gasteiger partial charge < -0.3 is 16.0 Å². The van der Waals surface area contributed by atoms with Gasteiger partial charge in [-0.05, 0) is 80.1 Å².